The maximum atomic E-state index is 12.3. The molecule has 0 bridgehead atoms. The highest BCUT2D eigenvalue weighted by atomic mass is 35.5. The van der Waals surface area contributed by atoms with Crippen LogP contribution in [0.15, 0.2) is 54.6 Å². The molecule has 2 aromatic rings. The summed E-state index contributed by atoms with van der Waals surface area (Å²) in [7, 11) is 0. The van der Waals surface area contributed by atoms with Crippen molar-refractivity contribution in [2.24, 2.45) is 11.7 Å². The topological polar surface area (TPSA) is 58.4 Å². The van der Waals surface area contributed by atoms with Crippen LogP contribution >= 0.6 is 12.4 Å². The van der Waals surface area contributed by atoms with E-state index in [-0.39, 0.29) is 24.4 Å². The zero-order valence-electron chi connectivity index (χ0n) is 15.2. The summed E-state index contributed by atoms with van der Waals surface area (Å²) in [5, 5.41) is 2.95. The van der Waals surface area contributed by atoms with Crippen molar-refractivity contribution in [2.75, 3.05) is 18.0 Å². The minimum Gasteiger partial charge on any atom is -0.367 e. The number of rotatable bonds is 8. The Bertz CT molecular complexity index is 686. The van der Waals surface area contributed by atoms with Crippen molar-refractivity contribution in [3.8, 4) is 0 Å². The summed E-state index contributed by atoms with van der Waals surface area (Å²) < 4.78 is 0. The van der Waals surface area contributed by atoms with Crippen molar-refractivity contribution < 1.29 is 4.79 Å². The largest absolute Gasteiger partial charge is 0.367 e. The third-order valence-electron chi connectivity index (χ3n) is 4.82. The third-order valence-corrected chi connectivity index (χ3v) is 4.82. The molecule has 140 valence electrons. The molecule has 3 rings (SSSR count). The molecule has 1 aliphatic rings. The normalized spacial score (nSPS) is 14.2. The predicted molar refractivity (Wildman–Crippen MR) is 110 cm³/mol. The molecule has 1 atom stereocenters. The number of hydrogen-bond acceptors (Lipinski definition) is 3. The zero-order chi connectivity index (χ0) is 17.6. The van der Waals surface area contributed by atoms with Crippen molar-refractivity contribution in [3.63, 3.8) is 0 Å². The number of halogens is 1. The second-order valence-electron chi connectivity index (χ2n) is 6.76. The SMILES string of the molecule is CCN(Cc1ccccc1)c1ccc(C(=O)NCC(N)C2CC2)cc1.Cl. The Kier molecular flexibility index (Phi) is 7.49. The lowest BCUT2D eigenvalue weighted by molar-refractivity contribution is 0.0950. The van der Waals surface area contributed by atoms with Crippen molar-refractivity contribution in [1.82, 2.24) is 5.32 Å². The molecule has 1 saturated carbocycles. The van der Waals surface area contributed by atoms with E-state index in [0.29, 0.717) is 18.0 Å². The van der Waals surface area contributed by atoms with E-state index < -0.39 is 0 Å². The Labute approximate surface area is 162 Å². The number of nitrogens with two attached hydrogens (primary N) is 1. The molecule has 0 radical (unpaired) electrons. The van der Waals surface area contributed by atoms with Gasteiger partial charge in [0.15, 0.2) is 0 Å². The van der Waals surface area contributed by atoms with Gasteiger partial charge in [-0.25, -0.2) is 0 Å². The Morgan fingerprint density at radius 2 is 1.81 bits per heavy atom. The first-order valence-corrected chi connectivity index (χ1v) is 9.10. The van der Waals surface area contributed by atoms with E-state index in [1.807, 2.05) is 30.3 Å². The summed E-state index contributed by atoms with van der Waals surface area (Å²) >= 11 is 0. The zero-order valence-corrected chi connectivity index (χ0v) is 16.0. The van der Waals surface area contributed by atoms with E-state index in [4.69, 9.17) is 5.73 Å². The van der Waals surface area contributed by atoms with Gasteiger partial charge >= 0.3 is 0 Å². The molecule has 0 spiro atoms. The number of benzene rings is 2. The number of carbonyl (C=O) groups is 1. The van der Waals surface area contributed by atoms with Crippen molar-refractivity contribution >= 4 is 24.0 Å². The first-order chi connectivity index (χ1) is 12.2. The van der Waals surface area contributed by atoms with E-state index in [1.54, 1.807) is 0 Å². The van der Waals surface area contributed by atoms with Crippen LogP contribution in [0.5, 0.6) is 0 Å². The molecule has 3 N–H and O–H groups in total. The number of nitrogens with one attached hydrogen (secondary N) is 1. The fourth-order valence-corrected chi connectivity index (χ4v) is 3.02. The van der Waals surface area contributed by atoms with Crippen molar-refractivity contribution in [2.45, 2.75) is 32.4 Å². The number of carbonyl (C=O) groups excluding carboxylic acids is 1. The van der Waals surface area contributed by atoms with Crippen LogP contribution in [0.1, 0.15) is 35.7 Å². The van der Waals surface area contributed by atoms with Crippen LogP contribution in [0.25, 0.3) is 0 Å². The average molecular weight is 374 g/mol. The van der Waals surface area contributed by atoms with Crippen LogP contribution in [0.3, 0.4) is 0 Å². The summed E-state index contributed by atoms with van der Waals surface area (Å²) in [6.07, 6.45) is 2.39. The van der Waals surface area contributed by atoms with Gasteiger partial charge in [0.2, 0.25) is 0 Å². The summed E-state index contributed by atoms with van der Waals surface area (Å²) in [4.78, 5) is 14.5. The van der Waals surface area contributed by atoms with Crippen molar-refractivity contribution in [1.29, 1.82) is 0 Å². The van der Waals surface area contributed by atoms with Gasteiger partial charge in [-0.1, -0.05) is 30.3 Å². The van der Waals surface area contributed by atoms with E-state index in [9.17, 15) is 4.79 Å². The van der Waals surface area contributed by atoms with Crippen LogP contribution < -0.4 is 16.0 Å². The standard InChI is InChI=1S/C21H27N3O.ClH/c1-2-24(15-16-6-4-3-5-7-16)19-12-10-18(11-13-19)21(25)23-14-20(22)17-8-9-17;/h3-7,10-13,17,20H,2,8-9,14-15,22H2,1H3,(H,23,25);1H. The van der Waals surface area contributed by atoms with Crippen LogP contribution in [-0.4, -0.2) is 25.0 Å². The van der Waals surface area contributed by atoms with Gasteiger partial charge in [0.05, 0.1) is 0 Å². The van der Waals surface area contributed by atoms with E-state index in [1.165, 1.54) is 18.4 Å². The molecule has 0 aromatic heterocycles. The third kappa shape index (κ3) is 5.48. The van der Waals surface area contributed by atoms with Gasteiger partial charge in [-0.2, -0.15) is 0 Å². The fraction of sp³-hybridized carbons (Fsp3) is 0.381. The van der Waals surface area contributed by atoms with Gasteiger partial charge < -0.3 is 16.0 Å². The lowest BCUT2D eigenvalue weighted by atomic mass is 10.1. The van der Waals surface area contributed by atoms with Gasteiger partial charge in [-0.05, 0) is 55.5 Å². The molecule has 0 heterocycles. The van der Waals surface area contributed by atoms with E-state index in [0.717, 1.165) is 18.8 Å². The molecule has 0 aliphatic heterocycles. The smallest absolute Gasteiger partial charge is 0.251 e. The minimum absolute atomic E-state index is 0. The van der Waals surface area contributed by atoms with E-state index in [2.05, 4.69) is 41.4 Å². The van der Waals surface area contributed by atoms with Gasteiger partial charge in [0, 0.05) is 36.9 Å². The molecule has 0 saturated heterocycles. The van der Waals surface area contributed by atoms with Gasteiger partial charge in [-0.15, -0.1) is 12.4 Å². The predicted octanol–water partition coefficient (Wildman–Crippen LogP) is 3.60. The average Bonchev–Trinajstić information content (AvgIpc) is 3.50. The van der Waals surface area contributed by atoms with E-state index >= 15 is 0 Å². The highest BCUT2D eigenvalue weighted by Crippen LogP contribution is 2.31. The molecule has 26 heavy (non-hydrogen) atoms. The number of anilines is 1. The lowest BCUT2D eigenvalue weighted by Gasteiger charge is -2.23. The molecule has 5 heteroatoms. The summed E-state index contributed by atoms with van der Waals surface area (Å²) in [5.74, 6) is 0.549. The molecule has 1 unspecified atom stereocenters. The molecular weight excluding hydrogens is 346 g/mol. The molecule has 4 nitrogen and oxygen atoms in total. The number of nitrogens with zero attached hydrogens (tertiary/aromatic N) is 1. The van der Waals surface area contributed by atoms with Gasteiger partial charge in [0.1, 0.15) is 0 Å². The summed E-state index contributed by atoms with van der Waals surface area (Å²) in [6.45, 7) is 4.47. The first kappa shape index (κ1) is 20.3. The Balaban J connectivity index is 0.00000243. The number of hydrogen-bond donors (Lipinski definition) is 2. The highest BCUT2D eigenvalue weighted by Gasteiger charge is 2.28. The maximum absolute atomic E-state index is 12.3. The molecule has 2 aromatic carbocycles. The monoisotopic (exact) mass is 373 g/mol. The van der Waals surface area contributed by atoms with Crippen LogP contribution in [-0.2, 0) is 6.54 Å². The Morgan fingerprint density at radius 1 is 1.15 bits per heavy atom. The van der Waals surface area contributed by atoms with Crippen LogP contribution in [0.4, 0.5) is 5.69 Å². The van der Waals surface area contributed by atoms with Gasteiger partial charge in [-0.3, -0.25) is 4.79 Å². The van der Waals surface area contributed by atoms with Crippen LogP contribution in [0, 0.1) is 5.92 Å². The molecule has 1 aliphatic carbocycles. The molecule has 1 fully saturated rings. The second kappa shape index (κ2) is 9.60. The highest BCUT2D eigenvalue weighted by molar-refractivity contribution is 5.94. The van der Waals surface area contributed by atoms with Crippen molar-refractivity contribution in [3.05, 3.63) is 65.7 Å². The Morgan fingerprint density at radius 3 is 2.38 bits per heavy atom. The molecule has 1 amide bonds. The molecular formula is C21H28ClN3O. The van der Waals surface area contributed by atoms with Crippen LogP contribution in [0.2, 0.25) is 0 Å². The summed E-state index contributed by atoms with van der Waals surface area (Å²) in [5.41, 5.74) is 9.12. The maximum Gasteiger partial charge on any atom is 0.251 e. The minimum atomic E-state index is -0.0474. The summed E-state index contributed by atoms with van der Waals surface area (Å²) in [6, 6.07) is 18.3. The quantitative estimate of drug-likeness (QED) is 0.743. The Hall–Kier alpha value is -2.04. The van der Waals surface area contributed by atoms with Gasteiger partial charge in [0.25, 0.3) is 5.91 Å². The second-order valence-corrected chi connectivity index (χ2v) is 6.76. The first-order valence-electron chi connectivity index (χ1n) is 9.10. The fourth-order valence-electron chi connectivity index (χ4n) is 3.02. The number of amides is 1. The lowest BCUT2D eigenvalue weighted by Crippen LogP contribution is -2.38.